The number of allylic oxidation sites excluding steroid dienone is 2. The van der Waals surface area contributed by atoms with Gasteiger partial charge in [0.05, 0.1) is 15.6 Å². The van der Waals surface area contributed by atoms with E-state index in [1.165, 1.54) is 0 Å². The predicted octanol–water partition coefficient (Wildman–Crippen LogP) is 5.98. The highest BCUT2D eigenvalue weighted by atomic mass is 35.5. The Morgan fingerprint density at radius 1 is 1.04 bits per heavy atom. The van der Waals surface area contributed by atoms with Gasteiger partial charge in [-0.3, -0.25) is 4.79 Å². The summed E-state index contributed by atoms with van der Waals surface area (Å²) in [5.41, 5.74) is 2.13. The highest BCUT2D eigenvalue weighted by Gasteiger charge is 2.26. The van der Waals surface area contributed by atoms with E-state index < -0.39 is 0 Å². The maximum absolute atomic E-state index is 12.1. The summed E-state index contributed by atoms with van der Waals surface area (Å²) in [7, 11) is 0. The molecule has 5 heteroatoms. The average molecular weight is 363 g/mol. The van der Waals surface area contributed by atoms with Crippen molar-refractivity contribution >= 4 is 34.6 Å². The second-order valence-corrected chi connectivity index (χ2v) is 6.41. The van der Waals surface area contributed by atoms with Crippen LogP contribution >= 0.6 is 23.2 Å². The molecule has 0 aliphatic heterocycles. The molecular formula is C19H16Cl2O3. The lowest BCUT2D eigenvalue weighted by Crippen LogP contribution is -2.01. The lowest BCUT2D eigenvalue weighted by molar-refractivity contribution is -0.113. The number of hydrogen-bond donors (Lipinski definition) is 1. The number of hydrogen-bond acceptors (Lipinski definition) is 3. The lowest BCUT2D eigenvalue weighted by atomic mass is 9.96. The third-order valence-corrected chi connectivity index (χ3v) is 4.75. The van der Waals surface area contributed by atoms with Crippen LogP contribution in [0.15, 0.2) is 42.2 Å². The second kappa shape index (κ2) is 6.88. The number of ketones is 1. The maximum Gasteiger partial charge on any atom is 0.167 e. The van der Waals surface area contributed by atoms with Crippen molar-refractivity contribution in [3.63, 3.8) is 0 Å². The maximum atomic E-state index is 12.1. The summed E-state index contributed by atoms with van der Waals surface area (Å²) in [6, 6.07) is 10.6. The van der Waals surface area contributed by atoms with E-state index in [0.717, 1.165) is 17.5 Å². The summed E-state index contributed by atoms with van der Waals surface area (Å²) in [6.45, 7) is 2.01. The van der Waals surface area contributed by atoms with Crippen molar-refractivity contribution in [2.45, 2.75) is 26.2 Å². The van der Waals surface area contributed by atoms with E-state index in [9.17, 15) is 9.90 Å². The van der Waals surface area contributed by atoms with Crippen LogP contribution in [0.25, 0.3) is 5.57 Å². The van der Waals surface area contributed by atoms with Gasteiger partial charge >= 0.3 is 0 Å². The Labute approximate surface area is 150 Å². The fraction of sp³-hybridized carbons (Fsp3) is 0.211. The Morgan fingerprint density at radius 2 is 1.75 bits per heavy atom. The van der Waals surface area contributed by atoms with Crippen molar-refractivity contribution in [1.82, 2.24) is 0 Å². The van der Waals surface area contributed by atoms with Gasteiger partial charge in [-0.1, -0.05) is 36.2 Å². The number of carbonyl (C=O) groups excluding carboxylic acids is 1. The molecule has 0 aromatic heterocycles. The van der Waals surface area contributed by atoms with E-state index in [2.05, 4.69) is 0 Å². The Hall–Kier alpha value is -1.97. The van der Waals surface area contributed by atoms with Gasteiger partial charge in [-0.25, -0.2) is 0 Å². The monoisotopic (exact) mass is 362 g/mol. The minimum atomic E-state index is -0.0334. The van der Waals surface area contributed by atoms with Crippen molar-refractivity contribution in [2.75, 3.05) is 0 Å². The molecule has 3 nitrogen and oxygen atoms in total. The SMILES string of the molecule is CCc1ccc(Oc2ccc(Cl)c(Cl)c2)cc1C1=C(O)CCC1=O. The van der Waals surface area contributed by atoms with E-state index >= 15 is 0 Å². The van der Waals surface area contributed by atoms with Gasteiger partial charge in [0.2, 0.25) is 0 Å². The Bertz CT molecular complexity index is 841. The van der Waals surface area contributed by atoms with Gasteiger partial charge < -0.3 is 9.84 Å². The van der Waals surface area contributed by atoms with Crippen molar-refractivity contribution in [3.05, 3.63) is 63.3 Å². The van der Waals surface area contributed by atoms with Gasteiger partial charge in [-0.05, 0) is 41.8 Å². The zero-order chi connectivity index (χ0) is 17.3. The normalized spacial score (nSPS) is 14.4. The molecule has 1 aliphatic carbocycles. The summed E-state index contributed by atoms with van der Waals surface area (Å²) in [6.07, 6.45) is 1.50. The van der Waals surface area contributed by atoms with Crippen molar-refractivity contribution in [1.29, 1.82) is 0 Å². The molecule has 0 saturated heterocycles. The second-order valence-electron chi connectivity index (χ2n) is 5.60. The quantitative estimate of drug-likeness (QED) is 0.727. The summed E-state index contributed by atoms with van der Waals surface area (Å²) < 4.78 is 5.83. The van der Waals surface area contributed by atoms with Crippen LogP contribution in [0.2, 0.25) is 10.0 Å². The first kappa shape index (κ1) is 16.9. The minimum absolute atomic E-state index is 0.0334. The van der Waals surface area contributed by atoms with E-state index in [-0.39, 0.29) is 11.5 Å². The largest absolute Gasteiger partial charge is 0.512 e. The zero-order valence-electron chi connectivity index (χ0n) is 13.1. The molecule has 0 radical (unpaired) electrons. The van der Waals surface area contributed by atoms with Gasteiger partial charge in [-0.2, -0.15) is 0 Å². The average Bonchev–Trinajstić information content (AvgIpc) is 2.89. The smallest absolute Gasteiger partial charge is 0.167 e. The third kappa shape index (κ3) is 3.28. The Balaban J connectivity index is 1.99. The summed E-state index contributed by atoms with van der Waals surface area (Å²) in [5, 5.41) is 10.9. The molecule has 124 valence electrons. The van der Waals surface area contributed by atoms with Crippen LogP contribution < -0.4 is 4.74 Å². The molecule has 2 aromatic carbocycles. The molecule has 0 saturated carbocycles. The lowest BCUT2D eigenvalue weighted by Gasteiger charge is -2.13. The summed E-state index contributed by atoms with van der Waals surface area (Å²) >= 11 is 11.9. The Morgan fingerprint density at radius 3 is 2.38 bits per heavy atom. The molecule has 1 N–H and O–H groups in total. The third-order valence-electron chi connectivity index (χ3n) is 4.01. The molecule has 24 heavy (non-hydrogen) atoms. The molecule has 0 bridgehead atoms. The topological polar surface area (TPSA) is 46.5 Å². The molecular weight excluding hydrogens is 347 g/mol. The van der Waals surface area contributed by atoms with Gasteiger partial charge in [0.15, 0.2) is 5.78 Å². The number of aryl methyl sites for hydroxylation is 1. The first-order valence-electron chi connectivity index (χ1n) is 7.71. The number of Topliss-reactive ketones (excluding diaryl/α,β-unsaturated/α-hetero) is 1. The van der Waals surface area contributed by atoms with Gasteiger partial charge in [0.25, 0.3) is 0 Å². The van der Waals surface area contributed by atoms with E-state index in [0.29, 0.717) is 40.0 Å². The molecule has 0 heterocycles. The van der Waals surface area contributed by atoms with Crippen LogP contribution in [0.5, 0.6) is 11.5 Å². The predicted molar refractivity (Wildman–Crippen MR) is 96.1 cm³/mol. The molecule has 0 atom stereocenters. The van der Waals surface area contributed by atoms with Gasteiger partial charge in [-0.15, -0.1) is 0 Å². The van der Waals surface area contributed by atoms with Crippen molar-refractivity contribution in [2.24, 2.45) is 0 Å². The van der Waals surface area contributed by atoms with Crippen LogP contribution in [0.3, 0.4) is 0 Å². The highest BCUT2D eigenvalue weighted by molar-refractivity contribution is 6.42. The number of carbonyl (C=O) groups is 1. The number of halogens is 2. The zero-order valence-corrected chi connectivity index (χ0v) is 14.6. The molecule has 0 amide bonds. The van der Waals surface area contributed by atoms with Crippen molar-refractivity contribution < 1.29 is 14.6 Å². The number of rotatable bonds is 4. The molecule has 0 fully saturated rings. The fourth-order valence-electron chi connectivity index (χ4n) is 2.79. The van der Waals surface area contributed by atoms with Crippen LogP contribution in [-0.4, -0.2) is 10.9 Å². The standard InChI is InChI=1S/C19H16Cl2O3/c1-2-11-3-4-12(24-13-5-6-15(20)16(21)10-13)9-14(11)19-17(22)7-8-18(19)23/h3-6,9-10,22H,2,7-8H2,1H3. The highest BCUT2D eigenvalue weighted by Crippen LogP contribution is 2.35. The molecule has 2 aromatic rings. The minimum Gasteiger partial charge on any atom is -0.512 e. The van der Waals surface area contributed by atoms with Gasteiger partial charge in [0, 0.05) is 18.9 Å². The first-order valence-corrected chi connectivity index (χ1v) is 8.46. The number of aliphatic hydroxyl groups is 1. The van der Waals surface area contributed by atoms with Crippen LogP contribution in [0.4, 0.5) is 0 Å². The van der Waals surface area contributed by atoms with E-state index in [4.69, 9.17) is 27.9 Å². The first-order chi connectivity index (χ1) is 11.5. The van der Waals surface area contributed by atoms with E-state index in [1.807, 2.05) is 19.1 Å². The molecule has 3 rings (SSSR count). The van der Waals surface area contributed by atoms with Gasteiger partial charge in [0.1, 0.15) is 17.3 Å². The van der Waals surface area contributed by atoms with Crippen molar-refractivity contribution in [3.8, 4) is 11.5 Å². The summed E-state index contributed by atoms with van der Waals surface area (Å²) in [5.74, 6) is 1.24. The fourth-order valence-corrected chi connectivity index (χ4v) is 3.07. The molecule has 0 spiro atoms. The number of benzene rings is 2. The molecule has 1 aliphatic rings. The summed E-state index contributed by atoms with van der Waals surface area (Å²) in [4.78, 5) is 12.1. The molecule has 0 unspecified atom stereocenters. The van der Waals surface area contributed by atoms with Crippen LogP contribution in [-0.2, 0) is 11.2 Å². The van der Waals surface area contributed by atoms with Crippen LogP contribution in [0, 0.1) is 0 Å². The van der Waals surface area contributed by atoms with E-state index in [1.54, 1.807) is 24.3 Å². The van der Waals surface area contributed by atoms with Crippen LogP contribution in [0.1, 0.15) is 30.9 Å². The number of aliphatic hydroxyl groups excluding tert-OH is 1. The Kier molecular flexibility index (Phi) is 4.83. The number of ether oxygens (including phenoxy) is 1.